The van der Waals surface area contributed by atoms with Crippen molar-refractivity contribution in [1.29, 1.82) is 0 Å². The Morgan fingerprint density at radius 1 is 1.09 bits per heavy atom. The van der Waals surface area contributed by atoms with Crippen molar-refractivity contribution in [3.05, 3.63) is 64.7 Å². The highest BCUT2D eigenvalue weighted by Gasteiger charge is 2.40. The van der Waals surface area contributed by atoms with E-state index >= 15 is 0 Å². The van der Waals surface area contributed by atoms with Crippen LogP contribution in [-0.4, -0.2) is 54.0 Å². The monoisotopic (exact) mass is 519 g/mol. The number of hydrogen-bond acceptors (Lipinski definition) is 5. The summed E-state index contributed by atoms with van der Waals surface area (Å²) in [6.45, 7) is 5.48. The van der Waals surface area contributed by atoms with Gasteiger partial charge in [-0.15, -0.1) is 0 Å². The molecule has 8 nitrogen and oxygen atoms in total. The van der Waals surface area contributed by atoms with Crippen LogP contribution in [0.4, 0.5) is 0 Å². The molecular weight excluding hydrogens is 490 g/mol. The fourth-order valence-electron chi connectivity index (χ4n) is 3.83. The highest BCUT2D eigenvalue weighted by Crippen LogP contribution is 2.30. The van der Waals surface area contributed by atoms with Crippen LogP contribution in [0.3, 0.4) is 0 Å². The maximum Gasteiger partial charge on any atom is 0.269 e. The minimum Gasteiger partial charge on any atom is -0.352 e. The molecule has 0 saturated carbocycles. The van der Waals surface area contributed by atoms with E-state index in [1.807, 2.05) is 13.8 Å². The number of carbonyl (C=O) groups is 3. The van der Waals surface area contributed by atoms with E-state index in [0.717, 1.165) is 10.7 Å². The average Bonchev–Trinajstić information content (AvgIpc) is 3.03. The lowest BCUT2D eigenvalue weighted by Crippen LogP contribution is -2.49. The number of fused-ring (bicyclic) bond motifs is 1. The summed E-state index contributed by atoms with van der Waals surface area (Å²) < 4.78 is 26.3. The maximum atomic E-state index is 13.2. The van der Waals surface area contributed by atoms with Crippen molar-refractivity contribution < 1.29 is 22.8 Å². The molecule has 3 amide bonds. The van der Waals surface area contributed by atoms with Gasteiger partial charge in [0.05, 0.1) is 5.56 Å². The van der Waals surface area contributed by atoms with Crippen LogP contribution in [0.15, 0.2) is 53.4 Å². The highest BCUT2D eigenvalue weighted by molar-refractivity contribution is 7.90. The van der Waals surface area contributed by atoms with Crippen molar-refractivity contribution in [2.24, 2.45) is 0 Å². The molecule has 0 saturated heterocycles. The van der Waals surface area contributed by atoms with Gasteiger partial charge in [0.1, 0.15) is 10.9 Å². The van der Waals surface area contributed by atoms with Crippen LogP contribution in [0.1, 0.15) is 56.0 Å². The van der Waals surface area contributed by atoms with Gasteiger partial charge in [-0.2, -0.15) is 0 Å². The molecule has 3 rings (SSSR count). The number of sulfonamides is 1. The molecule has 188 valence electrons. The number of carbonyl (C=O) groups excluding carboxylic acids is 3. The van der Waals surface area contributed by atoms with E-state index in [1.54, 1.807) is 43.3 Å². The molecule has 1 N–H and O–H groups in total. The molecule has 1 heterocycles. The van der Waals surface area contributed by atoms with Gasteiger partial charge < -0.3 is 10.2 Å². The van der Waals surface area contributed by atoms with Crippen LogP contribution >= 0.6 is 11.6 Å². The van der Waals surface area contributed by atoms with Crippen molar-refractivity contribution in [2.45, 2.75) is 63.6 Å². The van der Waals surface area contributed by atoms with Crippen LogP contribution in [0, 0.1) is 0 Å². The first-order valence-electron chi connectivity index (χ1n) is 11.6. The summed E-state index contributed by atoms with van der Waals surface area (Å²) in [5.74, 6) is -1.21. The van der Waals surface area contributed by atoms with E-state index in [4.69, 9.17) is 11.6 Å². The predicted octanol–water partition coefficient (Wildman–Crippen LogP) is 3.60. The lowest BCUT2D eigenvalue weighted by atomic mass is 10.1. The van der Waals surface area contributed by atoms with Crippen molar-refractivity contribution >= 4 is 39.3 Å². The Balaban J connectivity index is 1.72. The number of halogens is 1. The van der Waals surface area contributed by atoms with E-state index in [1.165, 1.54) is 17.0 Å². The standard InChI is InChI=1S/C25H30ClN3O5S/c1-4-17(2)27-24(31)18(3)28(16-19-10-5-7-12-21(19)26)23(30)14-9-15-29-25(32)20-11-6-8-13-22(20)35(29,33)34/h5-8,10-13,17-18H,4,9,14-16H2,1-3H3,(H,27,31). The normalized spacial score (nSPS) is 15.9. The number of nitrogens with zero attached hydrogens (tertiary/aromatic N) is 2. The summed E-state index contributed by atoms with van der Waals surface area (Å²) in [6.07, 6.45) is 0.829. The molecule has 0 aromatic heterocycles. The number of benzene rings is 2. The summed E-state index contributed by atoms with van der Waals surface area (Å²) >= 11 is 6.30. The predicted molar refractivity (Wildman–Crippen MR) is 133 cm³/mol. The van der Waals surface area contributed by atoms with Crippen LogP contribution in [0.2, 0.25) is 5.02 Å². The minimum atomic E-state index is -3.94. The molecule has 0 bridgehead atoms. The van der Waals surface area contributed by atoms with Gasteiger partial charge in [0, 0.05) is 30.6 Å². The van der Waals surface area contributed by atoms with Gasteiger partial charge in [0.2, 0.25) is 11.8 Å². The number of nitrogens with one attached hydrogen (secondary N) is 1. The first-order valence-corrected chi connectivity index (χ1v) is 13.4. The zero-order chi connectivity index (χ0) is 25.8. The Morgan fingerprint density at radius 3 is 2.40 bits per heavy atom. The first-order chi connectivity index (χ1) is 16.6. The van der Waals surface area contributed by atoms with Gasteiger partial charge in [-0.05, 0) is 50.5 Å². The molecule has 0 aliphatic carbocycles. The lowest BCUT2D eigenvalue weighted by Gasteiger charge is -2.30. The molecule has 0 fully saturated rings. The molecule has 10 heteroatoms. The Labute approximate surface area is 211 Å². The summed E-state index contributed by atoms with van der Waals surface area (Å²) in [4.78, 5) is 40.1. The Kier molecular flexibility index (Phi) is 8.56. The Morgan fingerprint density at radius 2 is 1.74 bits per heavy atom. The first kappa shape index (κ1) is 26.7. The molecule has 2 atom stereocenters. The van der Waals surface area contributed by atoms with Crippen molar-refractivity contribution in [3.8, 4) is 0 Å². The highest BCUT2D eigenvalue weighted by atomic mass is 35.5. The lowest BCUT2D eigenvalue weighted by molar-refractivity contribution is -0.141. The van der Waals surface area contributed by atoms with Crippen LogP contribution in [-0.2, 0) is 26.2 Å². The van der Waals surface area contributed by atoms with Crippen LogP contribution in [0.25, 0.3) is 0 Å². The summed E-state index contributed by atoms with van der Waals surface area (Å²) in [7, 11) is -3.94. The maximum absolute atomic E-state index is 13.2. The zero-order valence-electron chi connectivity index (χ0n) is 20.0. The molecule has 2 unspecified atom stereocenters. The number of amides is 3. The van der Waals surface area contributed by atoms with Gasteiger partial charge in [0.25, 0.3) is 15.9 Å². The second-order valence-electron chi connectivity index (χ2n) is 8.59. The topological polar surface area (TPSA) is 104 Å². The van der Waals surface area contributed by atoms with Gasteiger partial charge in [0.15, 0.2) is 0 Å². The zero-order valence-corrected chi connectivity index (χ0v) is 21.6. The van der Waals surface area contributed by atoms with E-state index in [-0.39, 0.29) is 54.2 Å². The quantitative estimate of drug-likeness (QED) is 0.516. The molecule has 0 radical (unpaired) electrons. The third-order valence-corrected chi connectivity index (χ3v) is 8.34. The van der Waals surface area contributed by atoms with E-state index in [2.05, 4.69) is 5.32 Å². The summed E-state index contributed by atoms with van der Waals surface area (Å²) in [5.41, 5.74) is 0.827. The van der Waals surface area contributed by atoms with Crippen molar-refractivity contribution in [2.75, 3.05) is 6.54 Å². The minimum absolute atomic E-state index is 0.0213. The van der Waals surface area contributed by atoms with Gasteiger partial charge >= 0.3 is 0 Å². The molecule has 1 aliphatic heterocycles. The van der Waals surface area contributed by atoms with E-state index < -0.39 is 22.0 Å². The Bertz CT molecular complexity index is 1220. The van der Waals surface area contributed by atoms with Crippen LogP contribution in [0.5, 0.6) is 0 Å². The van der Waals surface area contributed by atoms with Gasteiger partial charge in [-0.25, -0.2) is 12.7 Å². The smallest absolute Gasteiger partial charge is 0.269 e. The fraction of sp³-hybridized carbons (Fsp3) is 0.400. The molecule has 1 aliphatic rings. The average molecular weight is 520 g/mol. The van der Waals surface area contributed by atoms with E-state index in [9.17, 15) is 22.8 Å². The fourth-order valence-corrected chi connectivity index (χ4v) is 5.63. The molecular formula is C25H30ClN3O5S. The second-order valence-corrected chi connectivity index (χ2v) is 10.8. The molecule has 35 heavy (non-hydrogen) atoms. The van der Waals surface area contributed by atoms with E-state index in [0.29, 0.717) is 10.6 Å². The molecule has 0 spiro atoms. The molecule has 2 aromatic carbocycles. The third-order valence-electron chi connectivity index (χ3n) is 6.13. The third kappa shape index (κ3) is 5.85. The van der Waals surface area contributed by atoms with Crippen LogP contribution < -0.4 is 5.32 Å². The van der Waals surface area contributed by atoms with Crippen molar-refractivity contribution in [3.63, 3.8) is 0 Å². The summed E-state index contributed by atoms with van der Waals surface area (Å²) in [6, 6.07) is 12.3. The second kappa shape index (κ2) is 11.2. The molecule has 2 aromatic rings. The number of hydrogen-bond donors (Lipinski definition) is 1. The SMILES string of the molecule is CCC(C)NC(=O)C(C)N(Cc1ccccc1Cl)C(=O)CCCN1C(=O)c2ccccc2S1(=O)=O. The van der Waals surface area contributed by atoms with Gasteiger partial charge in [-0.3, -0.25) is 14.4 Å². The number of rotatable bonds is 10. The largest absolute Gasteiger partial charge is 0.352 e. The van der Waals surface area contributed by atoms with Crippen molar-refractivity contribution in [1.82, 2.24) is 14.5 Å². The Hall–Kier alpha value is -2.91. The summed E-state index contributed by atoms with van der Waals surface area (Å²) in [5, 5.41) is 3.37. The van der Waals surface area contributed by atoms with Gasteiger partial charge in [-0.1, -0.05) is 48.9 Å².